The topological polar surface area (TPSA) is 245 Å². The number of ether oxygens (including phenoxy) is 5. The van der Waals surface area contributed by atoms with Crippen molar-refractivity contribution in [2.24, 2.45) is 16.7 Å². The highest BCUT2D eigenvalue weighted by molar-refractivity contribution is 5.95. The maximum absolute atomic E-state index is 14.4. The monoisotopic (exact) mass is 871 g/mol. The second-order valence-electron chi connectivity index (χ2n) is 17.7. The standard InChI is InChI=1S/C47H53NO15/c1-24-31(61-43(57)36(53)35(27-13-9-7-10-14-27)48-41(55)28-17-19-30(51)20-18-28)22-47(58)40(62-42(56)29-15-11-8-12-16-29)38-45(6,32(52)21-33-46(38,23-59-33)63-26(3)50)39(54)37(60-25(2)49)34(24)44(47,4)5/h7-20,31-33,35-40,51-54,58H,21-23H2,1-6H3,(H,48,55)/t31-,32-,33+,35-,36+,37+,38-,39-,40-,45+,46-,47+/m0/s1. The van der Waals surface area contributed by atoms with Gasteiger partial charge in [-0.05, 0) is 60.0 Å². The molecule has 0 spiro atoms. The number of hydrogen-bond donors (Lipinski definition) is 6. The van der Waals surface area contributed by atoms with E-state index in [9.17, 15) is 49.5 Å². The van der Waals surface area contributed by atoms with E-state index in [-0.39, 0.29) is 41.1 Å². The van der Waals surface area contributed by atoms with Gasteiger partial charge in [0.25, 0.3) is 5.91 Å². The fourth-order valence-electron chi connectivity index (χ4n) is 10.4. The minimum Gasteiger partial charge on any atom is -0.508 e. The Morgan fingerprint density at radius 2 is 1.44 bits per heavy atom. The lowest BCUT2D eigenvalue weighted by Crippen LogP contribution is -2.82. The molecule has 63 heavy (non-hydrogen) atoms. The fraction of sp³-hybridized carbons (Fsp3) is 0.468. The predicted octanol–water partition coefficient (Wildman–Crippen LogP) is 3.23. The summed E-state index contributed by atoms with van der Waals surface area (Å²) >= 11 is 0. The number of aliphatic hydroxyl groups excluding tert-OH is 3. The molecule has 3 aromatic rings. The fourth-order valence-corrected chi connectivity index (χ4v) is 10.4. The van der Waals surface area contributed by atoms with E-state index in [0.29, 0.717) is 5.56 Å². The molecule has 3 fully saturated rings. The Labute approximate surface area is 363 Å². The van der Waals surface area contributed by atoms with Crippen molar-refractivity contribution in [1.29, 1.82) is 0 Å². The Kier molecular flexibility index (Phi) is 12.1. The van der Waals surface area contributed by atoms with Gasteiger partial charge in [0, 0.05) is 43.1 Å². The molecule has 0 unspecified atom stereocenters. The van der Waals surface area contributed by atoms with Crippen LogP contribution in [0.15, 0.2) is 96.1 Å². The summed E-state index contributed by atoms with van der Waals surface area (Å²) in [4.78, 5) is 68.1. The lowest BCUT2D eigenvalue weighted by molar-refractivity contribution is -0.365. The first-order valence-electron chi connectivity index (χ1n) is 20.7. The van der Waals surface area contributed by atoms with Crippen LogP contribution in [-0.4, -0.2) is 116 Å². The number of phenols is 1. The van der Waals surface area contributed by atoms with E-state index < -0.39 is 113 Å². The quantitative estimate of drug-likeness (QED) is 0.0974. The largest absolute Gasteiger partial charge is 0.508 e. The molecular formula is C47H53NO15. The third-order valence-electron chi connectivity index (χ3n) is 13.8. The van der Waals surface area contributed by atoms with Gasteiger partial charge in [0.05, 0.1) is 30.2 Å². The highest BCUT2D eigenvalue weighted by Crippen LogP contribution is 2.65. The number of nitrogens with one attached hydrogen (secondary N) is 1. The number of benzene rings is 3. The first kappa shape index (κ1) is 45.4. The molecule has 3 aliphatic carbocycles. The zero-order chi connectivity index (χ0) is 45.8. The third kappa shape index (κ3) is 7.67. The number of carbonyl (C=O) groups is 5. The first-order chi connectivity index (χ1) is 29.7. The van der Waals surface area contributed by atoms with Gasteiger partial charge in [0.1, 0.15) is 35.8 Å². The number of carbonyl (C=O) groups excluding carboxylic acids is 5. The van der Waals surface area contributed by atoms with Crippen LogP contribution in [0.1, 0.15) is 86.7 Å². The van der Waals surface area contributed by atoms with Crippen LogP contribution in [0.3, 0.4) is 0 Å². The molecule has 1 saturated heterocycles. The molecule has 1 aliphatic heterocycles. The van der Waals surface area contributed by atoms with Crippen LogP contribution in [-0.2, 0) is 38.1 Å². The number of rotatable bonds is 10. The Bertz CT molecular complexity index is 2280. The Morgan fingerprint density at radius 3 is 2.02 bits per heavy atom. The number of fused-ring (bicyclic) bond motifs is 5. The van der Waals surface area contributed by atoms with E-state index in [2.05, 4.69) is 5.32 Å². The van der Waals surface area contributed by atoms with E-state index in [1.807, 2.05) is 0 Å². The summed E-state index contributed by atoms with van der Waals surface area (Å²) in [6.07, 6.45) is -12.0. The number of aromatic hydroxyl groups is 1. The SMILES string of the molecule is CC(=O)O[C@@H]1C2=C(C)[C@@H](OC(=O)[C@H](O)[C@@H](NC(=O)c3ccc(O)cc3)c3ccccc3)C[C@@](O)([C@@H](OC(=O)c3ccccc3)[C@@H]3[C@]4(OC(C)=O)CO[C@@H]4C[C@H](O)[C@@]3(C)[C@H]1O)C2(C)C. The van der Waals surface area contributed by atoms with Gasteiger partial charge in [0.15, 0.2) is 17.8 Å². The van der Waals surface area contributed by atoms with Gasteiger partial charge in [-0.25, -0.2) is 9.59 Å². The second kappa shape index (κ2) is 16.8. The van der Waals surface area contributed by atoms with Gasteiger partial charge in [-0.3, -0.25) is 14.4 Å². The lowest BCUT2D eigenvalue weighted by Gasteiger charge is -2.69. The predicted molar refractivity (Wildman–Crippen MR) is 220 cm³/mol. The molecule has 1 heterocycles. The Balaban J connectivity index is 1.38. The first-order valence-corrected chi connectivity index (χ1v) is 20.7. The smallest absolute Gasteiger partial charge is 0.338 e. The number of hydrogen-bond acceptors (Lipinski definition) is 15. The zero-order valence-electron chi connectivity index (χ0n) is 35.7. The third-order valence-corrected chi connectivity index (χ3v) is 13.8. The lowest BCUT2D eigenvalue weighted by atomic mass is 9.44. The molecule has 0 radical (unpaired) electrons. The molecule has 3 aromatic carbocycles. The van der Waals surface area contributed by atoms with Gasteiger partial charge in [0.2, 0.25) is 0 Å². The maximum Gasteiger partial charge on any atom is 0.338 e. The van der Waals surface area contributed by atoms with Gasteiger partial charge in [-0.1, -0.05) is 69.3 Å². The Morgan fingerprint density at radius 1 is 0.825 bits per heavy atom. The summed E-state index contributed by atoms with van der Waals surface area (Å²) in [6, 6.07) is 20.0. The number of phenolic OH excluding ortho intramolecular Hbond substituents is 1. The van der Waals surface area contributed by atoms with Crippen molar-refractivity contribution in [2.45, 2.75) is 114 Å². The van der Waals surface area contributed by atoms with Crippen molar-refractivity contribution in [1.82, 2.24) is 5.32 Å². The average Bonchev–Trinajstić information content (AvgIpc) is 3.24. The van der Waals surface area contributed by atoms with Crippen LogP contribution in [0, 0.1) is 16.7 Å². The Hall–Kier alpha value is -5.65. The number of amides is 1. The van der Waals surface area contributed by atoms with Crippen LogP contribution in [0.5, 0.6) is 5.75 Å². The summed E-state index contributed by atoms with van der Waals surface area (Å²) in [5, 5.41) is 62.9. The van der Waals surface area contributed by atoms with Crippen LogP contribution in [0.4, 0.5) is 0 Å². The summed E-state index contributed by atoms with van der Waals surface area (Å²) in [6.45, 7) is 8.21. The van der Waals surface area contributed by atoms with E-state index >= 15 is 0 Å². The molecule has 6 N–H and O–H groups in total. The van der Waals surface area contributed by atoms with Crippen molar-refractivity contribution < 1.29 is 73.2 Å². The van der Waals surface area contributed by atoms with Gasteiger partial charge in [-0.15, -0.1) is 0 Å². The van der Waals surface area contributed by atoms with Crippen molar-refractivity contribution >= 4 is 29.8 Å². The molecule has 2 saturated carbocycles. The molecule has 1 amide bonds. The number of aliphatic hydroxyl groups is 4. The molecule has 2 bridgehead atoms. The molecule has 12 atom stereocenters. The van der Waals surface area contributed by atoms with Crippen molar-refractivity contribution in [3.63, 3.8) is 0 Å². The molecular weight excluding hydrogens is 819 g/mol. The molecule has 16 nitrogen and oxygen atoms in total. The average molecular weight is 872 g/mol. The van der Waals surface area contributed by atoms with Crippen molar-refractivity contribution in [3.05, 3.63) is 113 Å². The summed E-state index contributed by atoms with van der Waals surface area (Å²) in [7, 11) is 0. The molecule has 7 rings (SSSR count). The van der Waals surface area contributed by atoms with Gasteiger partial charge >= 0.3 is 23.9 Å². The van der Waals surface area contributed by atoms with E-state index in [0.717, 1.165) is 6.92 Å². The maximum atomic E-state index is 14.4. The highest BCUT2D eigenvalue weighted by Gasteiger charge is 2.78. The van der Waals surface area contributed by atoms with Crippen molar-refractivity contribution in [2.75, 3.05) is 6.61 Å². The van der Waals surface area contributed by atoms with Crippen LogP contribution < -0.4 is 5.32 Å². The molecule has 0 aromatic heterocycles. The van der Waals surface area contributed by atoms with E-state index in [1.54, 1.807) is 69.3 Å². The van der Waals surface area contributed by atoms with Crippen LogP contribution in [0.2, 0.25) is 0 Å². The van der Waals surface area contributed by atoms with Crippen LogP contribution >= 0.6 is 0 Å². The van der Waals surface area contributed by atoms with E-state index in [4.69, 9.17) is 23.7 Å². The second-order valence-corrected chi connectivity index (χ2v) is 17.7. The summed E-state index contributed by atoms with van der Waals surface area (Å²) in [5.41, 5.74) is -6.79. The highest BCUT2D eigenvalue weighted by atomic mass is 16.6. The number of esters is 4. The van der Waals surface area contributed by atoms with E-state index in [1.165, 1.54) is 50.2 Å². The normalized spacial score (nSPS) is 32.7. The molecule has 16 heteroatoms. The molecule has 336 valence electrons. The minimum atomic E-state index is -2.37. The zero-order valence-corrected chi connectivity index (χ0v) is 35.7. The van der Waals surface area contributed by atoms with Crippen molar-refractivity contribution in [3.8, 4) is 5.75 Å². The van der Waals surface area contributed by atoms with Gasteiger partial charge in [-0.2, -0.15) is 0 Å². The molecule has 4 aliphatic rings. The summed E-state index contributed by atoms with van der Waals surface area (Å²) < 4.78 is 30.5. The van der Waals surface area contributed by atoms with Crippen LogP contribution in [0.25, 0.3) is 0 Å². The van der Waals surface area contributed by atoms with Gasteiger partial charge < -0.3 is 54.5 Å². The minimum absolute atomic E-state index is 0.0765. The summed E-state index contributed by atoms with van der Waals surface area (Å²) in [5.74, 6) is -6.02.